The zero-order valence-corrected chi connectivity index (χ0v) is 10.4. The number of fused-ring (bicyclic) bond motifs is 1. The van der Waals surface area contributed by atoms with E-state index in [-0.39, 0.29) is 5.97 Å². The van der Waals surface area contributed by atoms with Gasteiger partial charge < -0.3 is 14.8 Å². The Hall–Kier alpha value is -2.49. The molecule has 4 nitrogen and oxygen atoms in total. The lowest BCUT2D eigenvalue weighted by atomic mass is 10.0. The zero-order valence-electron chi connectivity index (χ0n) is 10.4. The lowest BCUT2D eigenvalue weighted by Crippen LogP contribution is -2.29. The highest BCUT2D eigenvalue weighted by molar-refractivity contribution is 5.88. The summed E-state index contributed by atoms with van der Waals surface area (Å²) in [5, 5.41) is 3.18. The summed E-state index contributed by atoms with van der Waals surface area (Å²) in [5.74, 6) is 0.963. The van der Waals surface area contributed by atoms with Crippen LogP contribution in [-0.2, 0) is 4.79 Å². The number of carbonyl (C=O) groups is 1. The molecule has 1 heterocycles. The Bertz CT molecular complexity index is 624. The van der Waals surface area contributed by atoms with Crippen molar-refractivity contribution in [3.05, 3.63) is 54.1 Å². The summed E-state index contributed by atoms with van der Waals surface area (Å²) < 4.78 is 10.5. The van der Waals surface area contributed by atoms with Crippen molar-refractivity contribution < 1.29 is 14.3 Å². The smallest absolute Gasteiger partial charge is 0.338 e. The molecule has 0 unspecified atom stereocenters. The van der Waals surface area contributed by atoms with Crippen LogP contribution in [0.4, 0.5) is 5.69 Å². The van der Waals surface area contributed by atoms with E-state index in [4.69, 9.17) is 9.47 Å². The maximum atomic E-state index is 12.0. The molecule has 0 bridgehead atoms. The molecular weight excluding hydrogens is 242 g/mol. The van der Waals surface area contributed by atoms with Gasteiger partial charge in [0.05, 0.1) is 12.8 Å². The molecule has 3 rings (SSSR count). The number of ether oxygens (including phenoxy) is 2. The van der Waals surface area contributed by atoms with Crippen molar-refractivity contribution in [1.82, 2.24) is 0 Å². The fourth-order valence-corrected chi connectivity index (χ4v) is 2.10. The van der Waals surface area contributed by atoms with Gasteiger partial charge in [0.1, 0.15) is 5.75 Å². The molecule has 1 atom stereocenters. The first-order valence-electron chi connectivity index (χ1n) is 5.99. The van der Waals surface area contributed by atoms with Crippen molar-refractivity contribution in [1.29, 1.82) is 0 Å². The second-order valence-electron chi connectivity index (χ2n) is 4.27. The van der Waals surface area contributed by atoms with Crippen molar-refractivity contribution >= 4 is 11.7 Å². The normalized spacial score (nSPS) is 17.1. The van der Waals surface area contributed by atoms with Gasteiger partial charge in [0.2, 0.25) is 0 Å². The fraction of sp³-hybridized carbons (Fsp3) is 0.133. The highest BCUT2D eigenvalue weighted by Gasteiger charge is 2.29. The van der Waals surface area contributed by atoms with Crippen LogP contribution in [0.2, 0.25) is 0 Å². The third-order valence-corrected chi connectivity index (χ3v) is 3.06. The van der Waals surface area contributed by atoms with Crippen LogP contribution in [-0.4, -0.2) is 13.1 Å². The third kappa shape index (κ3) is 2.12. The van der Waals surface area contributed by atoms with Crippen molar-refractivity contribution in [2.45, 2.75) is 6.04 Å². The molecule has 1 N–H and O–H groups in total. The number of hydrogen-bond acceptors (Lipinski definition) is 4. The van der Waals surface area contributed by atoms with E-state index in [1.807, 2.05) is 42.5 Å². The molecule has 96 valence electrons. The van der Waals surface area contributed by atoms with Crippen LogP contribution in [0.5, 0.6) is 11.5 Å². The maximum absolute atomic E-state index is 12.0. The number of methoxy groups -OCH3 is 1. The fourth-order valence-electron chi connectivity index (χ4n) is 2.10. The van der Waals surface area contributed by atoms with Crippen molar-refractivity contribution in [3.63, 3.8) is 0 Å². The van der Waals surface area contributed by atoms with Gasteiger partial charge in [-0.25, -0.2) is 4.79 Å². The molecular formula is C15H13NO3. The largest absolute Gasteiger partial charge is 0.497 e. The van der Waals surface area contributed by atoms with Crippen molar-refractivity contribution in [3.8, 4) is 11.5 Å². The van der Waals surface area contributed by atoms with Crippen LogP contribution in [0, 0.1) is 0 Å². The highest BCUT2D eigenvalue weighted by atomic mass is 16.5. The van der Waals surface area contributed by atoms with E-state index >= 15 is 0 Å². The van der Waals surface area contributed by atoms with Gasteiger partial charge in [-0.3, -0.25) is 0 Å². The quantitative estimate of drug-likeness (QED) is 0.662. The van der Waals surface area contributed by atoms with E-state index in [2.05, 4.69) is 5.32 Å². The molecule has 1 aliphatic rings. The summed E-state index contributed by atoms with van der Waals surface area (Å²) in [6.07, 6.45) is 0. The minimum absolute atomic E-state index is 0.313. The summed E-state index contributed by atoms with van der Waals surface area (Å²) in [7, 11) is 1.60. The first-order chi connectivity index (χ1) is 9.28. The van der Waals surface area contributed by atoms with E-state index in [1.165, 1.54) is 0 Å². The standard InChI is InChI=1S/C15H13NO3/c1-18-11-6-4-5-10(9-11)14-15(17)19-13-8-3-2-7-12(13)16-14/h2-9,14,16H,1H3/t14-/m0/s1. The molecule has 2 aromatic rings. The highest BCUT2D eigenvalue weighted by Crippen LogP contribution is 2.34. The topological polar surface area (TPSA) is 47.6 Å². The molecule has 1 aliphatic heterocycles. The van der Waals surface area contributed by atoms with Crippen LogP contribution in [0.25, 0.3) is 0 Å². The zero-order chi connectivity index (χ0) is 13.2. The monoisotopic (exact) mass is 255 g/mol. The third-order valence-electron chi connectivity index (χ3n) is 3.06. The van der Waals surface area contributed by atoms with Crippen LogP contribution in [0.3, 0.4) is 0 Å². The number of carbonyl (C=O) groups excluding carboxylic acids is 1. The number of rotatable bonds is 2. The number of anilines is 1. The number of benzene rings is 2. The minimum atomic E-state index is -0.509. The summed E-state index contributed by atoms with van der Waals surface area (Å²) in [5.41, 5.74) is 1.63. The van der Waals surface area contributed by atoms with Crippen molar-refractivity contribution in [2.75, 3.05) is 12.4 Å². The van der Waals surface area contributed by atoms with Crippen LogP contribution in [0.1, 0.15) is 11.6 Å². The predicted molar refractivity (Wildman–Crippen MR) is 71.4 cm³/mol. The van der Waals surface area contributed by atoms with Gasteiger partial charge in [0.25, 0.3) is 0 Å². The minimum Gasteiger partial charge on any atom is -0.497 e. The Balaban J connectivity index is 1.96. The second-order valence-corrected chi connectivity index (χ2v) is 4.27. The van der Waals surface area contributed by atoms with Gasteiger partial charge >= 0.3 is 5.97 Å². The molecule has 0 fully saturated rings. The summed E-state index contributed by atoms with van der Waals surface area (Å²) in [4.78, 5) is 12.0. The Labute approximate surface area is 111 Å². The average molecular weight is 255 g/mol. The van der Waals surface area contributed by atoms with E-state index in [9.17, 15) is 4.79 Å². The summed E-state index contributed by atoms with van der Waals surface area (Å²) in [6, 6.07) is 14.3. The van der Waals surface area contributed by atoms with Gasteiger partial charge in [0.15, 0.2) is 11.8 Å². The van der Waals surface area contributed by atoms with Gasteiger partial charge in [0, 0.05) is 0 Å². The summed E-state index contributed by atoms with van der Waals surface area (Å²) >= 11 is 0. The molecule has 19 heavy (non-hydrogen) atoms. The second kappa shape index (κ2) is 4.65. The van der Waals surface area contributed by atoms with Crippen LogP contribution in [0.15, 0.2) is 48.5 Å². The molecule has 0 saturated carbocycles. The van der Waals surface area contributed by atoms with E-state index in [0.29, 0.717) is 11.5 Å². The van der Waals surface area contributed by atoms with Crippen LogP contribution >= 0.6 is 0 Å². The molecule has 0 amide bonds. The Morgan fingerprint density at radius 2 is 2.00 bits per heavy atom. The predicted octanol–water partition coefficient (Wildman–Crippen LogP) is 2.77. The maximum Gasteiger partial charge on any atom is 0.338 e. The van der Waals surface area contributed by atoms with Crippen molar-refractivity contribution in [2.24, 2.45) is 0 Å². The Kier molecular flexibility index (Phi) is 2.83. The molecule has 0 aliphatic carbocycles. The van der Waals surface area contributed by atoms with Gasteiger partial charge in [-0.2, -0.15) is 0 Å². The van der Waals surface area contributed by atoms with E-state index in [0.717, 1.165) is 11.3 Å². The van der Waals surface area contributed by atoms with Gasteiger partial charge in [-0.05, 0) is 29.8 Å². The molecule has 0 saturated heterocycles. The lowest BCUT2D eigenvalue weighted by Gasteiger charge is -2.25. The number of para-hydroxylation sites is 2. The average Bonchev–Trinajstić information content (AvgIpc) is 2.46. The number of hydrogen-bond donors (Lipinski definition) is 1. The first-order valence-corrected chi connectivity index (χ1v) is 5.99. The number of esters is 1. The molecule has 2 aromatic carbocycles. The lowest BCUT2D eigenvalue weighted by molar-refractivity contribution is -0.136. The Morgan fingerprint density at radius 1 is 1.16 bits per heavy atom. The van der Waals surface area contributed by atoms with Crippen LogP contribution < -0.4 is 14.8 Å². The Morgan fingerprint density at radius 3 is 2.84 bits per heavy atom. The molecule has 0 spiro atoms. The van der Waals surface area contributed by atoms with E-state index in [1.54, 1.807) is 13.2 Å². The number of nitrogens with one attached hydrogen (secondary N) is 1. The van der Waals surface area contributed by atoms with Gasteiger partial charge in [-0.15, -0.1) is 0 Å². The summed E-state index contributed by atoms with van der Waals surface area (Å²) in [6.45, 7) is 0. The van der Waals surface area contributed by atoms with Gasteiger partial charge in [-0.1, -0.05) is 24.3 Å². The molecule has 4 heteroatoms. The van der Waals surface area contributed by atoms with E-state index < -0.39 is 6.04 Å². The SMILES string of the molecule is COc1cccc([C@@H]2Nc3ccccc3OC2=O)c1. The first kappa shape index (κ1) is 11.6. The molecule has 0 radical (unpaired) electrons. The molecule has 0 aromatic heterocycles.